The fraction of sp³-hybridized carbons (Fsp3) is 0.0714. The van der Waals surface area contributed by atoms with E-state index in [4.69, 9.17) is 16.7 Å². The van der Waals surface area contributed by atoms with Crippen LogP contribution in [0.4, 0.5) is 0 Å². The predicted molar refractivity (Wildman–Crippen MR) is 82.8 cm³/mol. The number of carbonyl (C=O) groups is 1. The molecule has 3 rings (SSSR count). The van der Waals surface area contributed by atoms with Crippen LogP contribution in [0.2, 0.25) is 5.02 Å². The number of aromatic carboxylic acids is 1. The number of halogens is 2. The summed E-state index contributed by atoms with van der Waals surface area (Å²) in [5.74, 6) is -0.511. The van der Waals surface area contributed by atoms with Gasteiger partial charge in [-0.15, -0.1) is 10.2 Å². The molecule has 106 valence electrons. The normalized spacial score (nSPS) is 11.0. The molecule has 0 spiro atoms. The average Bonchev–Trinajstić information content (AvgIpc) is 2.81. The molecule has 5 nitrogen and oxygen atoms in total. The molecule has 0 aliphatic carbocycles. The number of benzene rings is 1. The number of fused-ring (bicyclic) bond motifs is 1. The van der Waals surface area contributed by atoms with Crippen LogP contribution in [-0.4, -0.2) is 25.7 Å². The summed E-state index contributed by atoms with van der Waals surface area (Å²) in [7, 11) is 0. The quantitative estimate of drug-likeness (QED) is 0.748. The highest BCUT2D eigenvalue weighted by atomic mass is 79.9. The molecule has 2 heterocycles. The summed E-state index contributed by atoms with van der Waals surface area (Å²) in [6.45, 7) is 1.97. The third kappa shape index (κ3) is 2.52. The first kappa shape index (κ1) is 14.0. The second-order valence-corrected chi connectivity index (χ2v) is 5.94. The van der Waals surface area contributed by atoms with Gasteiger partial charge in [-0.25, -0.2) is 4.79 Å². The Hall–Kier alpha value is -1.92. The van der Waals surface area contributed by atoms with E-state index in [0.29, 0.717) is 11.5 Å². The molecule has 0 aliphatic heterocycles. The lowest BCUT2D eigenvalue weighted by Crippen LogP contribution is -2.00. The van der Waals surface area contributed by atoms with E-state index in [9.17, 15) is 4.79 Å². The first-order chi connectivity index (χ1) is 9.95. The zero-order valence-corrected chi connectivity index (χ0v) is 13.2. The van der Waals surface area contributed by atoms with E-state index in [0.717, 1.165) is 15.6 Å². The minimum Gasteiger partial charge on any atom is -0.478 e. The maximum Gasteiger partial charge on any atom is 0.337 e. The monoisotopic (exact) mass is 365 g/mol. The highest BCUT2D eigenvalue weighted by molar-refractivity contribution is 9.10. The van der Waals surface area contributed by atoms with Crippen LogP contribution in [0.25, 0.3) is 17.0 Å². The van der Waals surface area contributed by atoms with Crippen molar-refractivity contribution in [1.82, 2.24) is 14.6 Å². The lowest BCUT2D eigenvalue weighted by Gasteiger charge is -2.05. The highest BCUT2D eigenvalue weighted by Crippen LogP contribution is 2.27. The van der Waals surface area contributed by atoms with Gasteiger partial charge in [-0.2, -0.15) is 0 Å². The van der Waals surface area contributed by atoms with Crippen molar-refractivity contribution in [2.75, 3.05) is 0 Å². The lowest BCUT2D eigenvalue weighted by molar-refractivity contribution is 0.0696. The number of nitrogens with zero attached hydrogens (tertiary/aromatic N) is 3. The van der Waals surface area contributed by atoms with Crippen molar-refractivity contribution in [2.45, 2.75) is 6.92 Å². The second kappa shape index (κ2) is 5.13. The van der Waals surface area contributed by atoms with E-state index in [2.05, 4.69) is 26.1 Å². The molecule has 3 aromatic rings. The van der Waals surface area contributed by atoms with Crippen molar-refractivity contribution >= 4 is 39.1 Å². The SMILES string of the molecule is Cc1cc(Br)cc(-c2nnc3c(Cl)cc(C(=O)O)cn23)c1. The fourth-order valence-electron chi connectivity index (χ4n) is 2.13. The number of hydrogen-bond donors (Lipinski definition) is 1. The number of aryl methyl sites for hydroxylation is 1. The molecule has 21 heavy (non-hydrogen) atoms. The molecule has 0 fully saturated rings. The molecule has 0 unspecified atom stereocenters. The molecule has 2 aromatic heterocycles. The maximum atomic E-state index is 11.2. The minimum atomic E-state index is -1.05. The van der Waals surface area contributed by atoms with Gasteiger partial charge in [0.2, 0.25) is 0 Å². The summed E-state index contributed by atoms with van der Waals surface area (Å²) < 4.78 is 2.50. The molecule has 0 saturated carbocycles. The molecular weight excluding hydrogens is 358 g/mol. The van der Waals surface area contributed by atoms with E-state index in [-0.39, 0.29) is 10.6 Å². The Kier molecular flexibility index (Phi) is 3.43. The van der Waals surface area contributed by atoms with Gasteiger partial charge in [0.25, 0.3) is 0 Å². The summed E-state index contributed by atoms with van der Waals surface area (Å²) in [4.78, 5) is 11.2. The van der Waals surface area contributed by atoms with E-state index in [1.165, 1.54) is 12.3 Å². The van der Waals surface area contributed by atoms with Crippen LogP contribution in [0, 0.1) is 6.92 Å². The number of carboxylic acid groups (broad SMARTS) is 1. The summed E-state index contributed by atoms with van der Waals surface area (Å²) in [6, 6.07) is 7.18. The van der Waals surface area contributed by atoms with Gasteiger partial charge in [0.15, 0.2) is 11.5 Å². The second-order valence-electron chi connectivity index (χ2n) is 4.62. The molecule has 0 atom stereocenters. The molecule has 7 heteroatoms. The van der Waals surface area contributed by atoms with Crippen molar-refractivity contribution < 1.29 is 9.90 Å². The standard InChI is InChI=1S/C14H9BrClN3O2/c1-7-2-8(4-10(15)3-7)12-17-18-13-11(16)5-9(14(20)21)6-19(12)13/h2-6H,1H3,(H,20,21). The minimum absolute atomic E-state index is 0.0836. The topological polar surface area (TPSA) is 67.5 Å². The number of hydrogen-bond acceptors (Lipinski definition) is 3. The van der Waals surface area contributed by atoms with Crippen molar-refractivity contribution in [3.8, 4) is 11.4 Å². The Morgan fingerprint density at radius 1 is 1.29 bits per heavy atom. The molecule has 0 bridgehead atoms. The molecule has 0 saturated heterocycles. The Bertz CT molecular complexity index is 856. The predicted octanol–water partition coefficient (Wildman–Crippen LogP) is 3.82. The van der Waals surface area contributed by atoms with Crippen molar-refractivity contribution in [3.05, 3.63) is 51.1 Å². The number of carboxylic acids is 1. The summed E-state index contributed by atoms with van der Waals surface area (Å²) in [6.07, 6.45) is 1.47. The number of pyridine rings is 1. The van der Waals surface area contributed by atoms with Gasteiger partial charge in [-0.3, -0.25) is 4.40 Å². The maximum absolute atomic E-state index is 11.2. The Morgan fingerprint density at radius 2 is 2.05 bits per heavy atom. The Balaban J connectivity index is 2.30. The van der Waals surface area contributed by atoms with Crippen molar-refractivity contribution in [2.24, 2.45) is 0 Å². The van der Waals surface area contributed by atoms with Crippen LogP contribution >= 0.6 is 27.5 Å². The van der Waals surface area contributed by atoms with Gasteiger partial charge in [0.1, 0.15) is 0 Å². The van der Waals surface area contributed by atoms with E-state index >= 15 is 0 Å². The largest absolute Gasteiger partial charge is 0.478 e. The molecule has 1 aromatic carbocycles. The van der Waals surface area contributed by atoms with E-state index in [1.54, 1.807) is 4.40 Å². The Morgan fingerprint density at radius 3 is 2.71 bits per heavy atom. The van der Waals surface area contributed by atoms with Crippen LogP contribution in [0.3, 0.4) is 0 Å². The van der Waals surface area contributed by atoms with Gasteiger partial charge >= 0.3 is 5.97 Å². The fourth-order valence-corrected chi connectivity index (χ4v) is 2.99. The first-order valence-corrected chi connectivity index (χ1v) is 7.18. The Labute approximate surface area is 133 Å². The third-order valence-electron chi connectivity index (χ3n) is 3.01. The average molecular weight is 367 g/mol. The zero-order chi connectivity index (χ0) is 15.1. The highest BCUT2D eigenvalue weighted by Gasteiger charge is 2.15. The molecule has 0 amide bonds. The number of aromatic nitrogens is 3. The van der Waals surface area contributed by atoms with Crippen molar-refractivity contribution in [3.63, 3.8) is 0 Å². The van der Waals surface area contributed by atoms with Gasteiger partial charge in [-0.05, 0) is 36.8 Å². The third-order valence-corrected chi connectivity index (χ3v) is 3.74. The zero-order valence-electron chi connectivity index (χ0n) is 10.8. The summed E-state index contributed by atoms with van der Waals surface area (Å²) >= 11 is 9.51. The molecule has 1 N–H and O–H groups in total. The van der Waals surface area contributed by atoms with Crippen molar-refractivity contribution in [1.29, 1.82) is 0 Å². The van der Waals surface area contributed by atoms with Crippen LogP contribution in [0.1, 0.15) is 15.9 Å². The van der Waals surface area contributed by atoms with Gasteiger partial charge < -0.3 is 5.11 Å². The van der Waals surface area contributed by atoms with Crippen LogP contribution in [-0.2, 0) is 0 Å². The number of rotatable bonds is 2. The summed E-state index contributed by atoms with van der Waals surface area (Å²) in [5.41, 5.74) is 2.39. The lowest BCUT2D eigenvalue weighted by atomic mass is 10.1. The van der Waals surface area contributed by atoms with Gasteiger partial charge in [0, 0.05) is 16.2 Å². The van der Waals surface area contributed by atoms with E-state index in [1.807, 2.05) is 25.1 Å². The molecule has 0 aliphatic rings. The van der Waals surface area contributed by atoms with Crippen LogP contribution in [0.5, 0.6) is 0 Å². The molecular formula is C14H9BrClN3O2. The van der Waals surface area contributed by atoms with Gasteiger partial charge in [-0.1, -0.05) is 27.5 Å². The van der Waals surface area contributed by atoms with E-state index < -0.39 is 5.97 Å². The van der Waals surface area contributed by atoms with Gasteiger partial charge in [0.05, 0.1) is 10.6 Å². The van der Waals surface area contributed by atoms with Crippen LogP contribution in [0.15, 0.2) is 34.9 Å². The van der Waals surface area contributed by atoms with Crippen LogP contribution < -0.4 is 0 Å². The summed E-state index contributed by atoms with van der Waals surface area (Å²) in [5, 5.41) is 17.5. The smallest absolute Gasteiger partial charge is 0.337 e. The first-order valence-electron chi connectivity index (χ1n) is 6.01. The molecule has 0 radical (unpaired) electrons.